The van der Waals surface area contributed by atoms with Gasteiger partial charge in [-0.05, 0) is 30.7 Å². The van der Waals surface area contributed by atoms with Gasteiger partial charge in [-0.1, -0.05) is 47.0 Å². The van der Waals surface area contributed by atoms with E-state index in [-0.39, 0.29) is 0 Å². The highest BCUT2D eigenvalue weighted by atomic mass is 14.9. The molecule has 0 radical (unpaired) electrons. The van der Waals surface area contributed by atoms with E-state index in [4.69, 9.17) is 0 Å². The zero-order valence-electron chi connectivity index (χ0n) is 10.3. The predicted molar refractivity (Wildman–Crippen MR) is 63.4 cm³/mol. The zero-order valence-corrected chi connectivity index (χ0v) is 10.3. The molecule has 84 valence electrons. The van der Waals surface area contributed by atoms with Crippen LogP contribution in [0.4, 0.5) is 0 Å². The molecule has 0 amide bonds. The van der Waals surface area contributed by atoms with Crippen molar-refractivity contribution in [2.24, 2.45) is 17.8 Å². The molecule has 1 aliphatic rings. The summed E-state index contributed by atoms with van der Waals surface area (Å²) in [7, 11) is 0. The molecule has 3 unspecified atom stereocenters. The van der Waals surface area contributed by atoms with Crippen molar-refractivity contribution in [3.05, 3.63) is 0 Å². The lowest BCUT2D eigenvalue weighted by atomic mass is 9.69. The third-order valence-electron chi connectivity index (χ3n) is 4.00. The average Bonchev–Trinajstić information content (AvgIpc) is 2.16. The highest BCUT2D eigenvalue weighted by molar-refractivity contribution is 4.86. The van der Waals surface area contributed by atoms with Crippen LogP contribution in [0.25, 0.3) is 0 Å². The second-order valence-corrected chi connectivity index (χ2v) is 5.04. The second kappa shape index (κ2) is 5.75. The topological polar surface area (TPSA) is 12.0 Å². The van der Waals surface area contributed by atoms with Gasteiger partial charge in [0.15, 0.2) is 0 Å². The van der Waals surface area contributed by atoms with Crippen LogP contribution < -0.4 is 5.32 Å². The van der Waals surface area contributed by atoms with Gasteiger partial charge in [0, 0.05) is 6.04 Å². The minimum Gasteiger partial charge on any atom is -0.314 e. The Morgan fingerprint density at radius 3 is 2.14 bits per heavy atom. The standard InChI is InChI=1S/C13H27N/c1-5-12(14-6-2)13-10(3)8-7-9-11(13)4/h10-14H,5-9H2,1-4H3. The molecule has 1 rings (SSSR count). The molecular formula is C13H27N. The highest BCUT2D eigenvalue weighted by Crippen LogP contribution is 2.37. The van der Waals surface area contributed by atoms with Crippen LogP contribution in [0.3, 0.4) is 0 Å². The third-order valence-corrected chi connectivity index (χ3v) is 4.00. The Labute approximate surface area is 89.7 Å². The van der Waals surface area contributed by atoms with Crippen LogP contribution in [-0.2, 0) is 0 Å². The van der Waals surface area contributed by atoms with Gasteiger partial charge >= 0.3 is 0 Å². The highest BCUT2D eigenvalue weighted by Gasteiger charge is 2.32. The Balaban J connectivity index is 2.59. The first-order chi connectivity index (χ1) is 6.70. The van der Waals surface area contributed by atoms with Crippen LogP contribution in [0.1, 0.15) is 53.4 Å². The molecule has 0 heterocycles. The largest absolute Gasteiger partial charge is 0.314 e. The number of nitrogens with one attached hydrogen (secondary N) is 1. The van der Waals surface area contributed by atoms with E-state index in [0.29, 0.717) is 0 Å². The van der Waals surface area contributed by atoms with Gasteiger partial charge in [-0.2, -0.15) is 0 Å². The molecule has 1 N–H and O–H groups in total. The van der Waals surface area contributed by atoms with E-state index in [2.05, 4.69) is 33.0 Å². The third kappa shape index (κ3) is 2.73. The van der Waals surface area contributed by atoms with Crippen molar-refractivity contribution in [1.82, 2.24) is 5.32 Å². The molecule has 0 bridgehead atoms. The summed E-state index contributed by atoms with van der Waals surface area (Å²) < 4.78 is 0. The van der Waals surface area contributed by atoms with Gasteiger partial charge in [0.1, 0.15) is 0 Å². The van der Waals surface area contributed by atoms with Crippen molar-refractivity contribution >= 4 is 0 Å². The average molecular weight is 197 g/mol. The minimum absolute atomic E-state index is 0.755. The molecule has 0 aliphatic heterocycles. The quantitative estimate of drug-likeness (QED) is 0.728. The van der Waals surface area contributed by atoms with Crippen molar-refractivity contribution < 1.29 is 0 Å². The van der Waals surface area contributed by atoms with E-state index >= 15 is 0 Å². The molecule has 14 heavy (non-hydrogen) atoms. The fourth-order valence-electron chi connectivity index (χ4n) is 3.32. The lowest BCUT2D eigenvalue weighted by Crippen LogP contribution is -2.43. The molecule has 1 aliphatic carbocycles. The fourth-order valence-corrected chi connectivity index (χ4v) is 3.32. The lowest BCUT2D eigenvalue weighted by molar-refractivity contribution is 0.129. The second-order valence-electron chi connectivity index (χ2n) is 5.04. The van der Waals surface area contributed by atoms with Gasteiger partial charge < -0.3 is 5.32 Å². The van der Waals surface area contributed by atoms with Gasteiger partial charge in [0.05, 0.1) is 0 Å². The molecule has 0 spiro atoms. The maximum absolute atomic E-state index is 3.66. The molecule has 0 aromatic carbocycles. The molecule has 3 atom stereocenters. The Bertz CT molecular complexity index is 145. The van der Waals surface area contributed by atoms with E-state index in [1.807, 2.05) is 0 Å². The van der Waals surface area contributed by atoms with Crippen LogP contribution in [0, 0.1) is 17.8 Å². The van der Waals surface area contributed by atoms with Crippen molar-refractivity contribution in [1.29, 1.82) is 0 Å². The van der Waals surface area contributed by atoms with Crippen molar-refractivity contribution in [2.75, 3.05) is 6.54 Å². The normalized spacial score (nSPS) is 35.6. The van der Waals surface area contributed by atoms with E-state index in [1.54, 1.807) is 0 Å². The Morgan fingerprint density at radius 1 is 1.14 bits per heavy atom. The van der Waals surface area contributed by atoms with Crippen molar-refractivity contribution in [3.8, 4) is 0 Å². The van der Waals surface area contributed by atoms with Gasteiger partial charge in [-0.3, -0.25) is 0 Å². The molecule has 0 aromatic heterocycles. The summed E-state index contributed by atoms with van der Waals surface area (Å²) in [4.78, 5) is 0. The number of rotatable bonds is 4. The fraction of sp³-hybridized carbons (Fsp3) is 1.00. The summed E-state index contributed by atoms with van der Waals surface area (Å²) in [6.07, 6.45) is 5.61. The number of hydrogen-bond donors (Lipinski definition) is 1. The Morgan fingerprint density at radius 2 is 1.71 bits per heavy atom. The summed E-state index contributed by atoms with van der Waals surface area (Å²) in [5.74, 6) is 2.75. The van der Waals surface area contributed by atoms with Crippen LogP contribution in [0.5, 0.6) is 0 Å². The molecule has 1 saturated carbocycles. The van der Waals surface area contributed by atoms with E-state index in [0.717, 1.165) is 30.3 Å². The molecular weight excluding hydrogens is 170 g/mol. The van der Waals surface area contributed by atoms with Gasteiger partial charge in [0.25, 0.3) is 0 Å². The van der Waals surface area contributed by atoms with Gasteiger partial charge in [-0.15, -0.1) is 0 Å². The van der Waals surface area contributed by atoms with E-state index in [1.165, 1.54) is 25.7 Å². The molecule has 1 fully saturated rings. The smallest absolute Gasteiger partial charge is 0.00976 e. The zero-order chi connectivity index (χ0) is 10.6. The monoisotopic (exact) mass is 197 g/mol. The first-order valence-corrected chi connectivity index (χ1v) is 6.44. The Kier molecular flexibility index (Phi) is 4.94. The van der Waals surface area contributed by atoms with E-state index < -0.39 is 0 Å². The maximum atomic E-state index is 3.66. The predicted octanol–water partition coefficient (Wildman–Crippen LogP) is 3.45. The number of hydrogen-bond acceptors (Lipinski definition) is 1. The van der Waals surface area contributed by atoms with Crippen LogP contribution >= 0.6 is 0 Å². The summed E-state index contributed by atoms with van der Waals surface area (Å²) in [6, 6.07) is 0.755. The summed E-state index contributed by atoms with van der Waals surface area (Å²) in [5, 5.41) is 3.66. The molecule has 1 nitrogen and oxygen atoms in total. The molecule has 0 aromatic rings. The SMILES string of the molecule is CCNC(CC)C1C(C)CCCC1C. The van der Waals surface area contributed by atoms with Crippen LogP contribution in [-0.4, -0.2) is 12.6 Å². The maximum Gasteiger partial charge on any atom is 0.00976 e. The summed E-state index contributed by atoms with van der Waals surface area (Å²) in [5.41, 5.74) is 0. The summed E-state index contributed by atoms with van der Waals surface area (Å²) in [6.45, 7) is 10.6. The summed E-state index contributed by atoms with van der Waals surface area (Å²) >= 11 is 0. The lowest BCUT2D eigenvalue weighted by Gasteiger charge is -2.40. The van der Waals surface area contributed by atoms with Gasteiger partial charge in [-0.25, -0.2) is 0 Å². The van der Waals surface area contributed by atoms with Gasteiger partial charge in [0.2, 0.25) is 0 Å². The Hall–Kier alpha value is -0.0400. The molecule has 1 heteroatoms. The van der Waals surface area contributed by atoms with Crippen molar-refractivity contribution in [2.45, 2.75) is 59.4 Å². The molecule has 0 saturated heterocycles. The first-order valence-electron chi connectivity index (χ1n) is 6.44. The van der Waals surface area contributed by atoms with Crippen LogP contribution in [0.2, 0.25) is 0 Å². The minimum atomic E-state index is 0.755. The first kappa shape index (κ1) is 12.0. The van der Waals surface area contributed by atoms with Crippen molar-refractivity contribution in [3.63, 3.8) is 0 Å². The van der Waals surface area contributed by atoms with Crippen LogP contribution in [0.15, 0.2) is 0 Å². The van der Waals surface area contributed by atoms with E-state index in [9.17, 15) is 0 Å².